The van der Waals surface area contributed by atoms with Crippen LogP contribution in [-0.2, 0) is 14.3 Å². The summed E-state index contributed by atoms with van der Waals surface area (Å²) in [5.41, 5.74) is 0. The molecule has 1 saturated heterocycles. The number of carbonyl (C=O) groups is 3. The molecule has 0 radical (unpaired) electrons. The van der Waals surface area contributed by atoms with E-state index in [1.807, 2.05) is 0 Å². The Hall–Kier alpha value is -1.63. The number of nitrogens with one attached hydrogen (secondary N) is 1. The number of hydrogen-bond donors (Lipinski definition) is 2. The largest absolute Gasteiger partial charge is 0.480 e. The molecule has 1 unspecified atom stereocenters. The number of likely N-dealkylation sites (tertiary alicyclic amines) is 1. The van der Waals surface area contributed by atoms with E-state index in [1.165, 1.54) is 0 Å². The van der Waals surface area contributed by atoms with E-state index in [0.29, 0.717) is 24.9 Å². The van der Waals surface area contributed by atoms with E-state index in [1.54, 1.807) is 4.90 Å². The maximum Gasteiger partial charge on any atom is 0.329 e. The molecule has 0 aromatic carbocycles. The van der Waals surface area contributed by atoms with Crippen LogP contribution in [0, 0.1) is 11.8 Å². The molecule has 7 nitrogen and oxygen atoms in total. The molecule has 1 aliphatic rings. The van der Waals surface area contributed by atoms with Crippen molar-refractivity contribution in [2.45, 2.75) is 20.3 Å². The number of nitrogens with zero attached hydrogens (tertiary/aromatic N) is 1. The average Bonchev–Trinajstić information content (AvgIpc) is 2.77. The van der Waals surface area contributed by atoms with E-state index in [0.717, 1.165) is 6.42 Å². The van der Waals surface area contributed by atoms with Crippen LogP contribution >= 0.6 is 0 Å². The molecule has 7 heteroatoms. The Morgan fingerprint density at radius 3 is 2.58 bits per heavy atom. The number of carboxylic acids is 1. The van der Waals surface area contributed by atoms with Gasteiger partial charge < -0.3 is 14.7 Å². The summed E-state index contributed by atoms with van der Waals surface area (Å²) in [4.78, 5) is 34.9. The van der Waals surface area contributed by atoms with Gasteiger partial charge in [0.15, 0.2) is 0 Å². The summed E-state index contributed by atoms with van der Waals surface area (Å²) in [5.74, 6) is -0.811. The molecule has 1 atom stereocenters. The minimum atomic E-state index is -1.15. The van der Waals surface area contributed by atoms with Crippen molar-refractivity contribution >= 4 is 17.9 Å². The molecule has 1 rings (SSSR count). The number of hydrogen-bond acceptors (Lipinski definition) is 4. The summed E-state index contributed by atoms with van der Waals surface area (Å²) in [5, 5.41) is 10.5. The molecule has 0 spiro atoms. The van der Waals surface area contributed by atoms with Gasteiger partial charge in [0.1, 0.15) is 13.2 Å². The minimum Gasteiger partial charge on any atom is -0.480 e. The standard InChI is InChI=1S/C12H20N2O5/c1-8(2)9-3-4-14(5-9)12(18)13-10(15)6-19-7-11(16)17/h8-9H,3-7H2,1-2H3,(H,16,17)(H,13,15,18). The highest BCUT2D eigenvalue weighted by Crippen LogP contribution is 2.23. The van der Waals surface area contributed by atoms with Gasteiger partial charge in [0.2, 0.25) is 0 Å². The van der Waals surface area contributed by atoms with Crippen LogP contribution < -0.4 is 5.32 Å². The fourth-order valence-electron chi connectivity index (χ4n) is 1.98. The lowest BCUT2D eigenvalue weighted by atomic mass is 9.95. The molecule has 0 aromatic rings. The van der Waals surface area contributed by atoms with Crippen LogP contribution in [0.4, 0.5) is 4.79 Å². The zero-order valence-corrected chi connectivity index (χ0v) is 11.2. The van der Waals surface area contributed by atoms with Gasteiger partial charge in [-0.25, -0.2) is 9.59 Å². The maximum atomic E-state index is 11.7. The van der Waals surface area contributed by atoms with Crippen LogP contribution in [0.25, 0.3) is 0 Å². The van der Waals surface area contributed by atoms with Crippen LogP contribution in [0.2, 0.25) is 0 Å². The number of ether oxygens (including phenoxy) is 1. The summed E-state index contributed by atoms with van der Waals surface area (Å²) in [6.07, 6.45) is 0.939. The Balaban J connectivity index is 2.27. The smallest absolute Gasteiger partial charge is 0.329 e. The zero-order chi connectivity index (χ0) is 14.4. The van der Waals surface area contributed by atoms with E-state index in [-0.39, 0.29) is 0 Å². The van der Waals surface area contributed by atoms with Crippen LogP contribution in [0.3, 0.4) is 0 Å². The Morgan fingerprint density at radius 2 is 2.05 bits per heavy atom. The van der Waals surface area contributed by atoms with Crippen LogP contribution in [0.1, 0.15) is 20.3 Å². The fraction of sp³-hybridized carbons (Fsp3) is 0.750. The first-order valence-corrected chi connectivity index (χ1v) is 6.28. The fourth-order valence-corrected chi connectivity index (χ4v) is 1.98. The lowest BCUT2D eigenvalue weighted by Crippen LogP contribution is -2.43. The summed E-state index contributed by atoms with van der Waals surface area (Å²) in [6, 6.07) is -0.438. The van der Waals surface area contributed by atoms with Gasteiger partial charge in [0, 0.05) is 13.1 Å². The highest BCUT2D eigenvalue weighted by molar-refractivity contribution is 5.95. The van der Waals surface area contributed by atoms with Crippen LogP contribution in [0.5, 0.6) is 0 Å². The molecule has 3 amide bonds. The first kappa shape index (κ1) is 15.4. The highest BCUT2D eigenvalue weighted by atomic mass is 16.5. The minimum absolute atomic E-state index is 0.431. The van der Waals surface area contributed by atoms with Crippen molar-refractivity contribution in [1.82, 2.24) is 10.2 Å². The Bertz CT molecular complexity index is 356. The van der Waals surface area contributed by atoms with Crippen LogP contribution in [-0.4, -0.2) is 54.2 Å². The van der Waals surface area contributed by atoms with Gasteiger partial charge in [-0.3, -0.25) is 10.1 Å². The van der Waals surface area contributed by atoms with Gasteiger partial charge >= 0.3 is 12.0 Å². The number of carbonyl (C=O) groups excluding carboxylic acids is 2. The summed E-state index contributed by atoms with van der Waals surface area (Å²) < 4.78 is 4.60. The predicted molar refractivity (Wildman–Crippen MR) is 66.5 cm³/mol. The summed E-state index contributed by atoms with van der Waals surface area (Å²) in [6.45, 7) is 4.51. The number of carboxylic acid groups (broad SMARTS) is 1. The highest BCUT2D eigenvalue weighted by Gasteiger charge is 2.28. The van der Waals surface area contributed by atoms with Crippen LogP contribution in [0.15, 0.2) is 0 Å². The van der Waals surface area contributed by atoms with Crippen molar-refractivity contribution in [2.75, 3.05) is 26.3 Å². The van der Waals surface area contributed by atoms with Crippen molar-refractivity contribution in [3.8, 4) is 0 Å². The molecular weight excluding hydrogens is 252 g/mol. The van der Waals surface area contributed by atoms with E-state index >= 15 is 0 Å². The second-order valence-electron chi connectivity index (χ2n) is 4.98. The molecule has 0 aromatic heterocycles. The van der Waals surface area contributed by atoms with Crippen molar-refractivity contribution < 1.29 is 24.2 Å². The Morgan fingerprint density at radius 1 is 1.37 bits per heavy atom. The van der Waals surface area contributed by atoms with Gasteiger partial charge in [-0.05, 0) is 18.3 Å². The van der Waals surface area contributed by atoms with Gasteiger partial charge in [0.05, 0.1) is 0 Å². The molecule has 0 aliphatic carbocycles. The first-order valence-electron chi connectivity index (χ1n) is 6.28. The van der Waals surface area contributed by atoms with Crippen molar-refractivity contribution in [3.63, 3.8) is 0 Å². The average molecular weight is 272 g/mol. The number of urea groups is 1. The number of amides is 3. The molecule has 1 fully saturated rings. The van der Waals surface area contributed by atoms with Gasteiger partial charge in [-0.1, -0.05) is 13.8 Å². The first-order chi connectivity index (χ1) is 8.90. The summed E-state index contributed by atoms with van der Waals surface area (Å²) >= 11 is 0. The van der Waals surface area contributed by atoms with E-state index in [9.17, 15) is 14.4 Å². The molecule has 1 aliphatic heterocycles. The Labute approximate surface area is 111 Å². The van der Waals surface area contributed by atoms with Gasteiger partial charge in [-0.15, -0.1) is 0 Å². The molecule has 1 heterocycles. The second kappa shape index (κ2) is 7.08. The van der Waals surface area contributed by atoms with Crippen molar-refractivity contribution in [1.29, 1.82) is 0 Å². The number of imide groups is 1. The molecule has 0 bridgehead atoms. The third-order valence-electron chi connectivity index (χ3n) is 3.16. The third kappa shape index (κ3) is 5.25. The van der Waals surface area contributed by atoms with Gasteiger partial charge in [0.25, 0.3) is 5.91 Å². The van der Waals surface area contributed by atoms with Gasteiger partial charge in [-0.2, -0.15) is 0 Å². The number of rotatable bonds is 5. The lowest BCUT2D eigenvalue weighted by Gasteiger charge is -2.18. The SMILES string of the molecule is CC(C)C1CCN(C(=O)NC(=O)COCC(=O)O)C1. The normalized spacial score (nSPS) is 18.7. The second-order valence-corrected chi connectivity index (χ2v) is 4.98. The maximum absolute atomic E-state index is 11.7. The quantitative estimate of drug-likeness (QED) is 0.750. The van der Waals surface area contributed by atoms with E-state index in [2.05, 4.69) is 23.9 Å². The number of aliphatic carboxylic acids is 1. The molecule has 2 N–H and O–H groups in total. The van der Waals surface area contributed by atoms with Crippen molar-refractivity contribution in [3.05, 3.63) is 0 Å². The third-order valence-corrected chi connectivity index (χ3v) is 3.16. The topological polar surface area (TPSA) is 95.9 Å². The molecular formula is C12H20N2O5. The monoisotopic (exact) mass is 272 g/mol. The Kier molecular flexibility index (Phi) is 5.75. The predicted octanol–water partition coefficient (Wildman–Crippen LogP) is 0.302. The van der Waals surface area contributed by atoms with E-state index in [4.69, 9.17) is 5.11 Å². The zero-order valence-electron chi connectivity index (χ0n) is 11.2. The molecule has 108 valence electrons. The summed E-state index contributed by atoms with van der Waals surface area (Å²) in [7, 11) is 0. The van der Waals surface area contributed by atoms with E-state index < -0.39 is 31.1 Å². The molecule has 19 heavy (non-hydrogen) atoms. The molecule has 0 saturated carbocycles. The lowest BCUT2D eigenvalue weighted by molar-refractivity contribution is -0.143. The van der Waals surface area contributed by atoms with Crippen molar-refractivity contribution in [2.24, 2.45) is 11.8 Å².